The predicted molar refractivity (Wildman–Crippen MR) is 54.6 cm³/mol. The maximum atomic E-state index is 10.5. The summed E-state index contributed by atoms with van der Waals surface area (Å²) in [5.74, 6) is 0. The molecule has 1 rings (SSSR count). The molecule has 5 nitrogen and oxygen atoms in total. The standard InChI is InChI=1S/C7H12O3.C3H8O2/c8-7-9-5-3-1-2-4-6-10-7;4-2-1-3-5/h1-6H2;4-5H,1-3H2. The van der Waals surface area contributed by atoms with E-state index in [9.17, 15) is 4.79 Å². The Morgan fingerprint density at radius 2 is 1.40 bits per heavy atom. The molecule has 0 aliphatic carbocycles. The summed E-state index contributed by atoms with van der Waals surface area (Å²) in [5, 5.41) is 15.8. The Balaban J connectivity index is 0.000000336. The third-order valence-corrected chi connectivity index (χ3v) is 1.79. The highest BCUT2D eigenvalue weighted by molar-refractivity contribution is 5.59. The normalized spacial score (nSPS) is 17.1. The molecule has 0 aromatic rings. The molecule has 0 aromatic carbocycles. The second-order valence-corrected chi connectivity index (χ2v) is 3.16. The number of aliphatic hydroxyl groups excluding tert-OH is 2. The highest BCUT2D eigenvalue weighted by Crippen LogP contribution is 2.04. The minimum atomic E-state index is -0.512. The lowest BCUT2D eigenvalue weighted by Gasteiger charge is -2.00. The zero-order valence-corrected chi connectivity index (χ0v) is 8.98. The molecular formula is C10H20O5. The predicted octanol–water partition coefficient (Wildman–Crippen LogP) is 1.07. The van der Waals surface area contributed by atoms with Crippen LogP contribution in [0.5, 0.6) is 0 Å². The van der Waals surface area contributed by atoms with E-state index in [0.29, 0.717) is 19.6 Å². The number of carbonyl (C=O) groups is 1. The number of hydrogen-bond donors (Lipinski definition) is 2. The Morgan fingerprint density at radius 1 is 0.933 bits per heavy atom. The van der Waals surface area contributed by atoms with Crippen molar-refractivity contribution in [3.05, 3.63) is 0 Å². The van der Waals surface area contributed by atoms with Gasteiger partial charge in [0.1, 0.15) is 0 Å². The van der Waals surface area contributed by atoms with Crippen molar-refractivity contribution in [2.45, 2.75) is 32.1 Å². The van der Waals surface area contributed by atoms with Crippen LogP contribution in [0, 0.1) is 0 Å². The first kappa shape index (κ1) is 14.2. The summed E-state index contributed by atoms with van der Waals surface area (Å²) in [6.45, 7) is 1.21. The number of cyclic esters (lactones) is 2. The van der Waals surface area contributed by atoms with Crippen LogP contribution in [0.2, 0.25) is 0 Å². The van der Waals surface area contributed by atoms with E-state index in [1.165, 1.54) is 0 Å². The zero-order chi connectivity index (χ0) is 11.4. The molecule has 0 amide bonds. The maximum Gasteiger partial charge on any atom is 0.508 e. The van der Waals surface area contributed by atoms with Gasteiger partial charge >= 0.3 is 6.16 Å². The Bertz CT molecular complexity index is 135. The van der Waals surface area contributed by atoms with Crippen molar-refractivity contribution in [2.24, 2.45) is 0 Å². The molecule has 2 N–H and O–H groups in total. The summed E-state index contributed by atoms with van der Waals surface area (Å²) >= 11 is 0. The van der Waals surface area contributed by atoms with Crippen LogP contribution in [-0.4, -0.2) is 42.8 Å². The summed E-state index contributed by atoms with van der Waals surface area (Å²) in [6.07, 6.45) is 4.19. The molecule has 5 heteroatoms. The van der Waals surface area contributed by atoms with Crippen LogP contribution in [0.4, 0.5) is 4.79 Å². The lowest BCUT2D eigenvalue weighted by atomic mass is 10.2. The molecule has 1 aliphatic heterocycles. The summed E-state index contributed by atoms with van der Waals surface area (Å²) in [4.78, 5) is 10.5. The van der Waals surface area contributed by atoms with Gasteiger partial charge in [0.05, 0.1) is 13.2 Å². The van der Waals surface area contributed by atoms with E-state index in [2.05, 4.69) is 0 Å². The van der Waals surface area contributed by atoms with Crippen LogP contribution in [0.3, 0.4) is 0 Å². The van der Waals surface area contributed by atoms with Gasteiger partial charge in [0.2, 0.25) is 0 Å². The summed E-state index contributed by atoms with van der Waals surface area (Å²) in [7, 11) is 0. The van der Waals surface area contributed by atoms with Crippen LogP contribution in [0.1, 0.15) is 32.1 Å². The molecule has 90 valence electrons. The first-order valence-corrected chi connectivity index (χ1v) is 5.32. The van der Waals surface area contributed by atoms with Crippen molar-refractivity contribution in [3.63, 3.8) is 0 Å². The van der Waals surface area contributed by atoms with Gasteiger partial charge in [0.15, 0.2) is 0 Å². The van der Waals surface area contributed by atoms with E-state index in [0.717, 1.165) is 25.7 Å². The fourth-order valence-corrected chi connectivity index (χ4v) is 0.981. The zero-order valence-electron chi connectivity index (χ0n) is 8.98. The number of aliphatic hydroxyl groups is 2. The highest BCUT2D eigenvalue weighted by atomic mass is 16.7. The average molecular weight is 220 g/mol. The average Bonchev–Trinajstić information content (AvgIpc) is 2.34. The molecule has 1 fully saturated rings. The molecule has 0 radical (unpaired) electrons. The van der Waals surface area contributed by atoms with Gasteiger partial charge in [-0.1, -0.05) is 0 Å². The molecule has 1 aliphatic rings. The topological polar surface area (TPSA) is 76.0 Å². The largest absolute Gasteiger partial charge is 0.508 e. The molecule has 1 saturated heterocycles. The van der Waals surface area contributed by atoms with Crippen molar-refractivity contribution in [1.82, 2.24) is 0 Å². The fraction of sp³-hybridized carbons (Fsp3) is 0.900. The Kier molecular flexibility index (Phi) is 10.7. The Labute approximate surface area is 90.0 Å². The molecule has 0 saturated carbocycles. The molecule has 0 atom stereocenters. The fourth-order valence-electron chi connectivity index (χ4n) is 0.981. The van der Waals surface area contributed by atoms with Gasteiger partial charge in [-0.05, 0) is 32.1 Å². The van der Waals surface area contributed by atoms with Gasteiger partial charge in [0, 0.05) is 13.2 Å². The molecular weight excluding hydrogens is 200 g/mol. The molecule has 0 spiro atoms. The van der Waals surface area contributed by atoms with E-state index in [1.54, 1.807) is 0 Å². The van der Waals surface area contributed by atoms with Crippen LogP contribution in [0.25, 0.3) is 0 Å². The van der Waals surface area contributed by atoms with Crippen molar-refractivity contribution >= 4 is 6.16 Å². The lowest BCUT2D eigenvalue weighted by molar-refractivity contribution is 0.0580. The van der Waals surface area contributed by atoms with Gasteiger partial charge in [0.25, 0.3) is 0 Å². The minimum absolute atomic E-state index is 0.0938. The number of carbonyl (C=O) groups excluding carboxylic acids is 1. The summed E-state index contributed by atoms with van der Waals surface area (Å²) in [6, 6.07) is 0. The van der Waals surface area contributed by atoms with Crippen molar-refractivity contribution in [2.75, 3.05) is 26.4 Å². The first-order chi connectivity index (χ1) is 7.31. The van der Waals surface area contributed by atoms with Crippen molar-refractivity contribution in [1.29, 1.82) is 0 Å². The van der Waals surface area contributed by atoms with Crippen molar-refractivity contribution in [3.8, 4) is 0 Å². The summed E-state index contributed by atoms with van der Waals surface area (Å²) < 4.78 is 9.40. The molecule has 0 aromatic heterocycles. The SMILES string of the molecule is O=C1OCCCCCCO1.OCCCO. The molecule has 1 heterocycles. The van der Waals surface area contributed by atoms with Gasteiger partial charge in [-0.25, -0.2) is 4.79 Å². The second-order valence-electron chi connectivity index (χ2n) is 3.16. The molecule has 15 heavy (non-hydrogen) atoms. The van der Waals surface area contributed by atoms with Gasteiger partial charge < -0.3 is 19.7 Å². The Hall–Kier alpha value is -0.810. The number of ether oxygens (including phenoxy) is 2. The minimum Gasteiger partial charge on any atom is -0.434 e. The van der Waals surface area contributed by atoms with Crippen LogP contribution in [0.15, 0.2) is 0 Å². The third-order valence-electron chi connectivity index (χ3n) is 1.79. The van der Waals surface area contributed by atoms with E-state index >= 15 is 0 Å². The van der Waals surface area contributed by atoms with Gasteiger partial charge in [-0.3, -0.25) is 0 Å². The highest BCUT2D eigenvalue weighted by Gasteiger charge is 2.04. The van der Waals surface area contributed by atoms with E-state index in [-0.39, 0.29) is 13.2 Å². The first-order valence-electron chi connectivity index (χ1n) is 5.32. The second kappa shape index (κ2) is 11.3. The Morgan fingerprint density at radius 3 is 1.73 bits per heavy atom. The quantitative estimate of drug-likeness (QED) is 0.681. The van der Waals surface area contributed by atoms with Gasteiger partial charge in [-0.15, -0.1) is 0 Å². The smallest absolute Gasteiger partial charge is 0.434 e. The van der Waals surface area contributed by atoms with Crippen LogP contribution < -0.4 is 0 Å². The molecule has 0 unspecified atom stereocenters. The number of rotatable bonds is 2. The van der Waals surface area contributed by atoms with Crippen LogP contribution in [-0.2, 0) is 9.47 Å². The van der Waals surface area contributed by atoms with Gasteiger partial charge in [-0.2, -0.15) is 0 Å². The monoisotopic (exact) mass is 220 g/mol. The summed E-state index contributed by atoms with van der Waals surface area (Å²) in [5.41, 5.74) is 0. The van der Waals surface area contributed by atoms with E-state index < -0.39 is 6.16 Å². The van der Waals surface area contributed by atoms with Crippen LogP contribution >= 0.6 is 0 Å². The van der Waals surface area contributed by atoms with E-state index in [4.69, 9.17) is 19.7 Å². The lowest BCUT2D eigenvalue weighted by Crippen LogP contribution is -2.07. The maximum absolute atomic E-state index is 10.5. The van der Waals surface area contributed by atoms with E-state index in [1.807, 2.05) is 0 Å². The number of hydrogen-bond acceptors (Lipinski definition) is 5. The molecule has 0 bridgehead atoms. The van der Waals surface area contributed by atoms with Crippen molar-refractivity contribution < 1.29 is 24.5 Å². The third kappa shape index (κ3) is 11.1.